The smallest absolute Gasteiger partial charge is 0.221 e. The molecule has 2 heterocycles. The van der Waals surface area contributed by atoms with Gasteiger partial charge in [-0.2, -0.15) is 0 Å². The van der Waals surface area contributed by atoms with Crippen molar-refractivity contribution in [3.63, 3.8) is 0 Å². The van der Waals surface area contributed by atoms with Gasteiger partial charge in [-0.1, -0.05) is 18.2 Å². The molecule has 2 aliphatic rings. The molecule has 2 aliphatic heterocycles. The molecule has 2 fully saturated rings. The summed E-state index contributed by atoms with van der Waals surface area (Å²) in [4.78, 5) is 14.9. The molecule has 1 amide bonds. The van der Waals surface area contributed by atoms with E-state index in [2.05, 4.69) is 10.2 Å². The van der Waals surface area contributed by atoms with E-state index in [1.807, 2.05) is 0 Å². The zero-order chi connectivity index (χ0) is 16.3. The van der Waals surface area contributed by atoms with Gasteiger partial charge in [0.15, 0.2) is 9.84 Å². The van der Waals surface area contributed by atoms with Crippen molar-refractivity contribution in [1.82, 2.24) is 10.2 Å². The van der Waals surface area contributed by atoms with Crippen molar-refractivity contribution >= 4 is 15.7 Å². The minimum atomic E-state index is -3.38. The highest BCUT2D eigenvalue weighted by Gasteiger charge is 2.35. The topological polar surface area (TPSA) is 66.5 Å². The number of amides is 1. The molecule has 0 saturated carbocycles. The van der Waals surface area contributed by atoms with Crippen LogP contribution in [0.3, 0.4) is 0 Å². The number of hydrogen-bond donors (Lipinski definition) is 1. The van der Waals surface area contributed by atoms with Gasteiger partial charge in [-0.05, 0) is 50.9 Å². The second-order valence-corrected chi connectivity index (χ2v) is 8.55. The van der Waals surface area contributed by atoms with Gasteiger partial charge in [0, 0.05) is 18.5 Å². The molecular formula is C17H24N2O3S. The Hall–Kier alpha value is -1.40. The summed E-state index contributed by atoms with van der Waals surface area (Å²) in [6, 6.07) is 8.95. The van der Waals surface area contributed by atoms with Crippen LogP contribution >= 0.6 is 0 Å². The van der Waals surface area contributed by atoms with Crippen molar-refractivity contribution in [2.45, 2.75) is 49.1 Å². The lowest BCUT2D eigenvalue weighted by molar-refractivity contribution is -0.122. The fraction of sp³-hybridized carbons (Fsp3) is 0.588. The summed E-state index contributed by atoms with van der Waals surface area (Å²) < 4.78 is 24.4. The van der Waals surface area contributed by atoms with Crippen molar-refractivity contribution in [2.24, 2.45) is 0 Å². The van der Waals surface area contributed by atoms with Crippen molar-refractivity contribution in [1.29, 1.82) is 0 Å². The molecule has 2 atom stereocenters. The first kappa shape index (κ1) is 16.5. The van der Waals surface area contributed by atoms with E-state index in [0.717, 1.165) is 32.4 Å². The van der Waals surface area contributed by atoms with E-state index in [1.54, 1.807) is 30.3 Å². The Bertz CT molecular complexity index is 645. The van der Waals surface area contributed by atoms with Crippen LogP contribution in [0.15, 0.2) is 35.2 Å². The molecule has 2 saturated heterocycles. The largest absolute Gasteiger partial charge is 0.352 e. The molecule has 5 nitrogen and oxygen atoms in total. The average Bonchev–Trinajstić information content (AvgIpc) is 3.04. The van der Waals surface area contributed by atoms with E-state index in [0.29, 0.717) is 6.04 Å². The molecule has 0 spiro atoms. The van der Waals surface area contributed by atoms with Crippen LogP contribution in [0.1, 0.15) is 32.1 Å². The molecule has 0 aromatic heterocycles. The Morgan fingerprint density at radius 2 is 1.83 bits per heavy atom. The van der Waals surface area contributed by atoms with Crippen LogP contribution in [-0.4, -0.2) is 50.2 Å². The number of carbonyl (C=O) groups is 1. The number of rotatable bonds is 5. The minimum Gasteiger partial charge on any atom is -0.352 e. The van der Waals surface area contributed by atoms with E-state index < -0.39 is 9.84 Å². The Balaban J connectivity index is 1.53. The Kier molecular flexibility index (Phi) is 5.02. The fourth-order valence-electron chi connectivity index (χ4n) is 3.71. The Labute approximate surface area is 138 Å². The monoisotopic (exact) mass is 336 g/mol. The maximum Gasteiger partial charge on any atom is 0.221 e. The fourth-order valence-corrected chi connectivity index (χ4v) is 4.97. The summed E-state index contributed by atoms with van der Waals surface area (Å²) in [7, 11) is -3.38. The molecule has 1 N–H and O–H groups in total. The van der Waals surface area contributed by atoms with E-state index in [1.165, 1.54) is 6.42 Å². The summed E-state index contributed by atoms with van der Waals surface area (Å²) in [6.07, 6.45) is 4.45. The van der Waals surface area contributed by atoms with Crippen LogP contribution in [0.4, 0.5) is 0 Å². The van der Waals surface area contributed by atoms with Crippen LogP contribution < -0.4 is 5.32 Å². The molecule has 0 aliphatic carbocycles. The van der Waals surface area contributed by atoms with Crippen molar-refractivity contribution in [3.8, 4) is 0 Å². The van der Waals surface area contributed by atoms with Gasteiger partial charge in [0.1, 0.15) is 0 Å². The lowest BCUT2D eigenvalue weighted by Gasteiger charge is -2.37. The number of fused-ring (bicyclic) bond motifs is 1. The highest BCUT2D eigenvalue weighted by Crippen LogP contribution is 2.27. The quantitative estimate of drug-likeness (QED) is 0.887. The summed E-state index contributed by atoms with van der Waals surface area (Å²) >= 11 is 0. The van der Waals surface area contributed by atoms with Gasteiger partial charge >= 0.3 is 0 Å². The van der Waals surface area contributed by atoms with Gasteiger partial charge in [-0.25, -0.2) is 8.42 Å². The first-order valence-electron chi connectivity index (χ1n) is 8.37. The molecule has 126 valence electrons. The lowest BCUT2D eigenvalue weighted by atomic mass is 9.96. The maximum atomic E-state index is 12.2. The number of nitrogens with zero attached hydrogens (tertiary/aromatic N) is 1. The van der Waals surface area contributed by atoms with Crippen LogP contribution in [-0.2, 0) is 14.6 Å². The third-order valence-electron chi connectivity index (χ3n) is 4.89. The van der Waals surface area contributed by atoms with Gasteiger partial charge in [-0.3, -0.25) is 9.69 Å². The number of benzene rings is 1. The molecule has 1 aromatic rings. The zero-order valence-corrected chi connectivity index (χ0v) is 14.1. The average molecular weight is 336 g/mol. The number of carbonyl (C=O) groups excluding carboxylic acids is 1. The zero-order valence-electron chi connectivity index (χ0n) is 13.3. The highest BCUT2D eigenvalue weighted by molar-refractivity contribution is 7.91. The van der Waals surface area contributed by atoms with E-state index in [-0.39, 0.29) is 29.0 Å². The van der Waals surface area contributed by atoms with Crippen LogP contribution in [0.25, 0.3) is 0 Å². The number of nitrogens with one attached hydrogen (secondary N) is 1. The standard InChI is InChI=1S/C17H24N2O3S/c20-17(10-13-23(21,22)14-6-2-1-3-7-14)18-15-8-4-11-19-12-5-9-16(15)19/h1-3,6-7,15-16H,4-5,8-13H2,(H,18,20). The summed E-state index contributed by atoms with van der Waals surface area (Å²) in [6.45, 7) is 2.25. The molecular weight excluding hydrogens is 312 g/mol. The lowest BCUT2D eigenvalue weighted by Crippen LogP contribution is -2.52. The second kappa shape index (κ2) is 7.01. The van der Waals surface area contributed by atoms with Gasteiger partial charge in [0.05, 0.1) is 10.6 Å². The second-order valence-electron chi connectivity index (χ2n) is 6.44. The third-order valence-corrected chi connectivity index (χ3v) is 6.62. The Morgan fingerprint density at radius 3 is 2.57 bits per heavy atom. The molecule has 2 unspecified atom stereocenters. The summed E-state index contributed by atoms with van der Waals surface area (Å²) in [5, 5.41) is 3.07. The summed E-state index contributed by atoms with van der Waals surface area (Å²) in [5.74, 6) is -0.285. The molecule has 23 heavy (non-hydrogen) atoms. The predicted molar refractivity (Wildman–Crippen MR) is 88.9 cm³/mol. The highest BCUT2D eigenvalue weighted by atomic mass is 32.2. The van der Waals surface area contributed by atoms with E-state index in [4.69, 9.17) is 0 Å². The molecule has 0 bridgehead atoms. The van der Waals surface area contributed by atoms with E-state index >= 15 is 0 Å². The molecule has 3 rings (SSSR count). The van der Waals surface area contributed by atoms with Crippen molar-refractivity contribution in [3.05, 3.63) is 30.3 Å². The van der Waals surface area contributed by atoms with Crippen LogP contribution in [0.2, 0.25) is 0 Å². The van der Waals surface area contributed by atoms with Crippen molar-refractivity contribution < 1.29 is 13.2 Å². The SMILES string of the molecule is O=C(CCS(=O)(=O)c1ccccc1)NC1CCCN2CCCC12. The molecule has 0 radical (unpaired) electrons. The Morgan fingerprint density at radius 1 is 1.13 bits per heavy atom. The minimum absolute atomic E-state index is 0.0282. The van der Waals surface area contributed by atoms with Crippen LogP contribution in [0, 0.1) is 0 Å². The molecule has 1 aromatic carbocycles. The first-order chi connectivity index (χ1) is 11.1. The predicted octanol–water partition coefficient (Wildman–Crippen LogP) is 1.59. The van der Waals surface area contributed by atoms with Gasteiger partial charge in [0.25, 0.3) is 0 Å². The third kappa shape index (κ3) is 3.93. The van der Waals surface area contributed by atoms with Crippen LogP contribution in [0.5, 0.6) is 0 Å². The normalized spacial score (nSPS) is 25.0. The maximum absolute atomic E-state index is 12.2. The van der Waals surface area contributed by atoms with Gasteiger partial charge < -0.3 is 5.32 Å². The van der Waals surface area contributed by atoms with Gasteiger partial charge in [0.2, 0.25) is 5.91 Å². The van der Waals surface area contributed by atoms with E-state index in [9.17, 15) is 13.2 Å². The van der Waals surface area contributed by atoms with Gasteiger partial charge in [-0.15, -0.1) is 0 Å². The number of piperidine rings is 1. The number of sulfone groups is 1. The molecule has 6 heteroatoms. The van der Waals surface area contributed by atoms with Crippen molar-refractivity contribution in [2.75, 3.05) is 18.8 Å². The number of hydrogen-bond acceptors (Lipinski definition) is 4. The summed E-state index contributed by atoms with van der Waals surface area (Å²) in [5.41, 5.74) is 0. The first-order valence-corrected chi connectivity index (χ1v) is 10.0.